The molecule has 0 heterocycles. The molecule has 0 aromatic heterocycles. The molecular formula is C19H31N. The zero-order valence-electron chi connectivity index (χ0n) is 14.0. The van der Waals surface area contributed by atoms with Crippen LogP contribution in [0, 0.1) is 0 Å². The minimum atomic E-state index is 0.438. The van der Waals surface area contributed by atoms with Crippen LogP contribution in [0.5, 0.6) is 0 Å². The van der Waals surface area contributed by atoms with Gasteiger partial charge in [-0.25, -0.2) is 0 Å². The fourth-order valence-electron chi connectivity index (χ4n) is 1.84. The third-order valence-corrected chi connectivity index (χ3v) is 3.55. The van der Waals surface area contributed by atoms with Crippen molar-refractivity contribution < 1.29 is 0 Å². The first-order chi connectivity index (χ1) is 9.31. The van der Waals surface area contributed by atoms with Crippen LogP contribution in [0.25, 0.3) is 0 Å². The van der Waals surface area contributed by atoms with Gasteiger partial charge >= 0.3 is 0 Å². The van der Waals surface area contributed by atoms with Gasteiger partial charge in [0.05, 0.1) is 0 Å². The van der Waals surface area contributed by atoms with Crippen LogP contribution in [0.15, 0.2) is 59.9 Å². The lowest BCUT2D eigenvalue weighted by Crippen LogP contribution is -2.27. The molecule has 0 aromatic rings. The summed E-state index contributed by atoms with van der Waals surface area (Å²) >= 11 is 0. The summed E-state index contributed by atoms with van der Waals surface area (Å²) in [6.07, 6.45) is 7.57. The molecule has 0 aliphatic carbocycles. The van der Waals surface area contributed by atoms with Gasteiger partial charge in [-0.15, -0.1) is 0 Å². The van der Waals surface area contributed by atoms with Crippen molar-refractivity contribution in [2.75, 3.05) is 0 Å². The van der Waals surface area contributed by atoms with Crippen molar-refractivity contribution in [2.24, 2.45) is 0 Å². The zero-order chi connectivity index (χ0) is 15.7. The minimum Gasteiger partial charge on any atom is -0.383 e. The molecule has 0 aliphatic heterocycles. The lowest BCUT2D eigenvalue weighted by atomic mass is 9.97. The minimum absolute atomic E-state index is 0.438. The molecule has 0 rings (SSSR count). The Morgan fingerprint density at radius 1 is 1.10 bits per heavy atom. The first-order valence-electron chi connectivity index (χ1n) is 7.42. The molecule has 0 saturated carbocycles. The quantitative estimate of drug-likeness (QED) is 0.532. The van der Waals surface area contributed by atoms with Gasteiger partial charge in [0, 0.05) is 11.7 Å². The fraction of sp³-hybridized carbons (Fsp3) is 0.474. The van der Waals surface area contributed by atoms with Gasteiger partial charge in [-0.05, 0) is 58.1 Å². The van der Waals surface area contributed by atoms with Crippen molar-refractivity contribution in [1.29, 1.82) is 0 Å². The number of hydrogen-bond acceptors (Lipinski definition) is 1. The average molecular weight is 273 g/mol. The van der Waals surface area contributed by atoms with Crippen LogP contribution >= 0.6 is 0 Å². The lowest BCUT2D eigenvalue weighted by Gasteiger charge is -2.21. The van der Waals surface area contributed by atoms with Gasteiger partial charge in [0.2, 0.25) is 0 Å². The first-order valence-corrected chi connectivity index (χ1v) is 7.42. The molecule has 0 amide bonds. The second kappa shape index (κ2) is 9.41. The number of allylic oxidation sites excluding steroid dienone is 6. The van der Waals surface area contributed by atoms with Crippen molar-refractivity contribution in [3.8, 4) is 0 Å². The maximum absolute atomic E-state index is 4.09. The largest absolute Gasteiger partial charge is 0.383 e. The maximum atomic E-state index is 4.09. The summed E-state index contributed by atoms with van der Waals surface area (Å²) in [7, 11) is 0. The predicted molar refractivity (Wildman–Crippen MR) is 92.7 cm³/mol. The number of nitrogens with one attached hydrogen (secondary N) is 1. The Bertz CT molecular complexity index is 421. The molecule has 0 spiro atoms. The van der Waals surface area contributed by atoms with Crippen LogP contribution in [0.4, 0.5) is 0 Å². The van der Waals surface area contributed by atoms with Crippen LogP contribution in [0.1, 0.15) is 53.9 Å². The standard InChI is InChI=1S/C19H31N/c1-9-16(7)13-18(15(5)6)11-12-19(10-2)20-17(8)14(3)4/h9,13,19-20H,3,5,8,10-12H2,1-2,4,6-7H3/b16-9-,18-13-. The molecule has 0 saturated heterocycles. The number of hydrogen-bond donors (Lipinski definition) is 1. The second-order valence-corrected chi connectivity index (χ2v) is 5.53. The van der Waals surface area contributed by atoms with Gasteiger partial charge in [-0.1, -0.05) is 50.0 Å². The van der Waals surface area contributed by atoms with Crippen LogP contribution in [-0.2, 0) is 0 Å². The van der Waals surface area contributed by atoms with E-state index < -0.39 is 0 Å². The Hall–Kier alpha value is -1.50. The molecule has 0 bridgehead atoms. The molecule has 0 aliphatic rings. The summed E-state index contributed by atoms with van der Waals surface area (Å²) in [5.74, 6) is 0. The molecule has 0 aromatic carbocycles. The van der Waals surface area contributed by atoms with Crippen LogP contribution < -0.4 is 5.32 Å². The second-order valence-electron chi connectivity index (χ2n) is 5.53. The van der Waals surface area contributed by atoms with Crippen LogP contribution in [0.3, 0.4) is 0 Å². The summed E-state index contributed by atoms with van der Waals surface area (Å²) in [6.45, 7) is 22.5. The van der Waals surface area contributed by atoms with Crippen molar-refractivity contribution in [3.63, 3.8) is 0 Å². The molecule has 1 N–H and O–H groups in total. The van der Waals surface area contributed by atoms with Gasteiger partial charge in [-0.3, -0.25) is 0 Å². The van der Waals surface area contributed by atoms with Crippen molar-refractivity contribution >= 4 is 0 Å². The van der Waals surface area contributed by atoms with E-state index in [-0.39, 0.29) is 0 Å². The topological polar surface area (TPSA) is 12.0 Å². The van der Waals surface area contributed by atoms with Gasteiger partial charge in [0.15, 0.2) is 0 Å². The molecule has 1 nitrogen and oxygen atoms in total. The van der Waals surface area contributed by atoms with Crippen molar-refractivity contribution in [2.45, 2.75) is 59.9 Å². The van der Waals surface area contributed by atoms with E-state index in [1.807, 2.05) is 6.92 Å². The third kappa shape index (κ3) is 7.18. The van der Waals surface area contributed by atoms with Crippen molar-refractivity contribution in [3.05, 3.63) is 59.9 Å². The van der Waals surface area contributed by atoms with Crippen molar-refractivity contribution in [1.82, 2.24) is 5.32 Å². The summed E-state index contributed by atoms with van der Waals surface area (Å²) in [4.78, 5) is 0. The van der Waals surface area contributed by atoms with Crippen LogP contribution in [-0.4, -0.2) is 6.04 Å². The van der Waals surface area contributed by atoms with E-state index in [1.165, 1.54) is 11.1 Å². The zero-order valence-corrected chi connectivity index (χ0v) is 14.0. The highest BCUT2D eigenvalue weighted by Crippen LogP contribution is 2.19. The van der Waals surface area contributed by atoms with Gasteiger partial charge in [-0.2, -0.15) is 0 Å². The summed E-state index contributed by atoms with van der Waals surface area (Å²) in [5.41, 5.74) is 5.73. The third-order valence-electron chi connectivity index (χ3n) is 3.55. The summed E-state index contributed by atoms with van der Waals surface area (Å²) in [6, 6.07) is 0.438. The summed E-state index contributed by atoms with van der Waals surface area (Å²) < 4.78 is 0. The molecule has 1 unspecified atom stereocenters. The highest BCUT2D eigenvalue weighted by molar-refractivity contribution is 5.33. The van der Waals surface area contributed by atoms with E-state index in [9.17, 15) is 0 Å². The highest BCUT2D eigenvalue weighted by atomic mass is 14.9. The Balaban J connectivity index is 4.67. The smallest absolute Gasteiger partial charge is 0.0293 e. The molecular weight excluding hydrogens is 242 g/mol. The van der Waals surface area contributed by atoms with Gasteiger partial charge < -0.3 is 5.32 Å². The van der Waals surface area contributed by atoms with E-state index in [1.54, 1.807) is 0 Å². The molecule has 0 radical (unpaired) electrons. The average Bonchev–Trinajstić information content (AvgIpc) is 2.40. The SMILES string of the molecule is C=C(C)C(=C)NC(CC)CC/C(=C/C(C)=C\C)C(=C)C. The molecule has 0 fully saturated rings. The molecule has 1 atom stereocenters. The Kier molecular flexibility index (Phi) is 8.71. The lowest BCUT2D eigenvalue weighted by molar-refractivity contribution is 0.515. The normalized spacial score (nSPS) is 13.8. The Morgan fingerprint density at radius 3 is 2.10 bits per heavy atom. The van der Waals surface area contributed by atoms with Gasteiger partial charge in [0.1, 0.15) is 0 Å². The van der Waals surface area contributed by atoms with E-state index in [0.717, 1.165) is 36.1 Å². The van der Waals surface area contributed by atoms with Gasteiger partial charge in [0.25, 0.3) is 0 Å². The molecule has 112 valence electrons. The van der Waals surface area contributed by atoms with Crippen LogP contribution in [0.2, 0.25) is 0 Å². The summed E-state index contributed by atoms with van der Waals surface area (Å²) in [5, 5.41) is 3.46. The Morgan fingerprint density at radius 2 is 1.70 bits per heavy atom. The predicted octanol–water partition coefficient (Wildman–Crippen LogP) is 5.69. The Labute approximate surface area is 125 Å². The van der Waals surface area contributed by atoms with E-state index in [4.69, 9.17) is 0 Å². The highest BCUT2D eigenvalue weighted by Gasteiger charge is 2.09. The van der Waals surface area contributed by atoms with E-state index >= 15 is 0 Å². The first kappa shape index (κ1) is 18.5. The van der Waals surface area contributed by atoms with E-state index in [0.29, 0.717) is 6.04 Å². The fourth-order valence-corrected chi connectivity index (χ4v) is 1.84. The number of rotatable bonds is 9. The van der Waals surface area contributed by atoms with E-state index in [2.05, 4.69) is 64.9 Å². The maximum Gasteiger partial charge on any atom is 0.0293 e. The molecule has 1 heteroatoms. The molecule has 20 heavy (non-hydrogen) atoms. The monoisotopic (exact) mass is 273 g/mol.